The van der Waals surface area contributed by atoms with Crippen LogP contribution in [0.4, 0.5) is 5.82 Å². The molecular weight excluding hydrogens is 250 g/mol. The van der Waals surface area contributed by atoms with E-state index in [9.17, 15) is 0 Å². The molecule has 100 valence electrons. The second kappa shape index (κ2) is 5.09. The minimum absolute atomic E-state index is 0.483. The van der Waals surface area contributed by atoms with Gasteiger partial charge in [0.15, 0.2) is 5.82 Å². The van der Waals surface area contributed by atoms with Crippen LogP contribution in [0.5, 0.6) is 5.75 Å². The number of aromatic amines is 1. The van der Waals surface area contributed by atoms with Crippen LogP contribution in [-0.2, 0) is 0 Å². The molecule has 0 radical (unpaired) electrons. The molecule has 4 heteroatoms. The number of rotatable bonds is 3. The van der Waals surface area contributed by atoms with Crippen molar-refractivity contribution in [3.63, 3.8) is 0 Å². The first kappa shape index (κ1) is 12.3. The smallest absolute Gasteiger partial charge is 0.153 e. The fraction of sp³-hybridized carbons (Fsp3) is 0.0625. The number of benzene rings is 2. The van der Waals surface area contributed by atoms with Crippen molar-refractivity contribution in [1.82, 2.24) is 10.2 Å². The molecule has 0 aliphatic rings. The van der Waals surface area contributed by atoms with Crippen LogP contribution < -0.4 is 10.5 Å². The Kier molecular flexibility index (Phi) is 3.13. The number of ether oxygens (including phenoxy) is 1. The standard InChI is InChI=1S/C16H15N3O/c1-20-13-9-5-8-12(10-13)14-15(18-19-16(14)17)11-6-3-2-4-7-11/h2-10H,1H3,(H3,17,18,19). The maximum atomic E-state index is 6.02. The van der Waals surface area contributed by atoms with Crippen molar-refractivity contribution in [3.8, 4) is 28.1 Å². The van der Waals surface area contributed by atoms with Gasteiger partial charge in [-0.3, -0.25) is 5.10 Å². The topological polar surface area (TPSA) is 63.9 Å². The van der Waals surface area contributed by atoms with E-state index in [1.807, 2.05) is 54.6 Å². The van der Waals surface area contributed by atoms with E-state index in [1.165, 1.54) is 0 Å². The van der Waals surface area contributed by atoms with Crippen molar-refractivity contribution < 1.29 is 4.74 Å². The Morgan fingerprint density at radius 3 is 2.50 bits per heavy atom. The molecule has 20 heavy (non-hydrogen) atoms. The molecule has 0 fully saturated rings. The molecule has 3 N–H and O–H groups in total. The third-order valence-corrected chi connectivity index (χ3v) is 3.22. The summed E-state index contributed by atoms with van der Waals surface area (Å²) in [5, 5.41) is 7.15. The normalized spacial score (nSPS) is 10.4. The average Bonchev–Trinajstić information content (AvgIpc) is 2.90. The highest BCUT2D eigenvalue weighted by Gasteiger charge is 2.14. The summed E-state index contributed by atoms with van der Waals surface area (Å²) >= 11 is 0. The van der Waals surface area contributed by atoms with Gasteiger partial charge in [0.05, 0.1) is 18.4 Å². The molecule has 2 aromatic carbocycles. The number of nitrogens with one attached hydrogen (secondary N) is 1. The average molecular weight is 265 g/mol. The number of hydrogen-bond acceptors (Lipinski definition) is 3. The van der Waals surface area contributed by atoms with Gasteiger partial charge in [0.1, 0.15) is 5.75 Å². The van der Waals surface area contributed by atoms with Gasteiger partial charge in [-0.1, -0.05) is 42.5 Å². The van der Waals surface area contributed by atoms with E-state index in [1.54, 1.807) is 7.11 Å². The first-order valence-corrected chi connectivity index (χ1v) is 6.33. The van der Waals surface area contributed by atoms with Crippen LogP contribution in [-0.4, -0.2) is 17.3 Å². The highest BCUT2D eigenvalue weighted by molar-refractivity contribution is 5.88. The zero-order chi connectivity index (χ0) is 13.9. The van der Waals surface area contributed by atoms with Crippen LogP contribution in [0.3, 0.4) is 0 Å². The summed E-state index contributed by atoms with van der Waals surface area (Å²) in [5.41, 5.74) is 9.86. The summed E-state index contributed by atoms with van der Waals surface area (Å²) in [6, 6.07) is 17.8. The second-order valence-electron chi connectivity index (χ2n) is 4.46. The highest BCUT2D eigenvalue weighted by atomic mass is 16.5. The Hall–Kier alpha value is -2.75. The minimum Gasteiger partial charge on any atom is -0.497 e. The molecule has 0 bridgehead atoms. The van der Waals surface area contributed by atoms with Crippen molar-refractivity contribution in [2.24, 2.45) is 0 Å². The Labute approximate surface area is 117 Å². The third kappa shape index (κ3) is 2.12. The fourth-order valence-electron chi connectivity index (χ4n) is 2.24. The number of H-pyrrole nitrogens is 1. The largest absolute Gasteiger partial charge is 0.497 e. The summed E-state index contributed by atoms with van der Waals surface area (Å²) in [6.45, 7) is 0. The van der Waals surface area contributed by atoms with E-state index in [0.29, 0.717) is 5.82 Å². The van der Waals surface area contributed by atoms with Gasteiger partial charge in [0, 0.05) is 5.56 Å². The molecule has 1 heterocycles. The number of nitrogens with zero attached hydrogens (tertiary/aromatic N) is 1. The molecule has 0 atom stereocenters. The van der Waals surface area contributed by atoms with Crippen LogP contribution in [0, 0.1) is 0 Å². The molecule has 3 rings (SSSR count). The maximum Gasteiger partial charge on any atom is 0.153 e. The second-order valence-corrected chi connectivity index (χ2v) is 4.46. The van der Waals surface area contributed by atoms with Crippen LogP contribution in [0.1, 0.15) is 0 Å². The SMILES string of the molecule is COc1cccc(-c2c(N)n[nH]c2-c2ccccc2)c1. The van der Waals surface area contributed by atoms with E-state index >= 15 is 0 Å². The molecule has 3 aromatic rings. The van der Waals surface area contributed by atoms with E-state index in [2.05, 4.69) is 10.2 Å². The van der Waals surface area contributed by atoms with Crippen LogP contribution in [0.25, 0.3) is 22.4 Å². The van der Waals surface area contributed by atoms with E-state index in [-0.39, 0.29) is 0 Å². The van der Waals surface area contributed by atoms with E-state index < -0.39 is 0 Å². The highest BCUT2D eigenvalue weighted by Crippen LogP contribution is 2.35. The molecule has 1 aromatic heterocycles. The number of methoxy groups -OCH3 is 1. The summed E-state index contributed by atoms with van der Waals surface area (Å²) in [6.07, 6.45) is 0. The van der Waals surface area contributed by atoms with E-state index in [4.69, 9.17) is 10.5 Å². The summed E-state index contributed by atoms with van der Waals surface area (Å²) < 4.78 is 5.27. The zero-order valence-corrected chi connectivity index (χ0v) is 11.1. The molecule has 0 spiro atoms. The lowest BCUT2D eigenvalue weighted by Crippen LogP contribution is -1.90. The number of nitrogen functional groups attached to an aromatic ring is 1. The summed E-state index contributed by atoms with van der Waals surface area (Å²) in [7, 11) is 1.65. The summed E-state index contributed by atoms with van der Waals surface area (Å²) in [4.78, 5) is 0. The number of aromatic nitrogens is 2. The van der Waals surface area contributed by atoms with Crippen molar-refractivity contribution in [2.45, 2.75) is 0 Å². The Morgan fingerprint density at radius 1 is 1.00 bits per heavy atom. The van der Waals surface area contributed by atoms with Crippen molar-refractivity contribution in [1.29, 1.82) is 0 Å². The van der Waals surface area contributed by atoms with Crippen molar-refractivity contribution in [3.05, 3.63) is 54.6 Å². The van der Waals surface area contributed by atoms with Gasteiger partial charge in [0.25, 0.3) is 0 Å². The predicted octanol–water partition coefficient (Wildman–Crippen LogP) is 3.33. The van der Waals surface area contributed by atoms with Gasteiger partial charge in [0.2, 0.25) is 0 Å². The fourth-order valence-corrected chi connectivity index (χ4v) is 2.24. The van der Waals surface area contributed by atoms with Crippen LogP contribution >= 0.6 is 0 Å². The Balaban J connectivity index is 2.16. The number of anilines is 1. The van der Waals surface area contributed by atoms with Crippen LogP contribution in [0.15, 0.2) is 54.6 Å². The maximum absolute atomic E-state index is 6.02. The Bertz CT molecular complexity index is 720. The van der Waals surface area contributed by atoms with Gasteiger partial charge in [-0.15, -0.1) is 0 Å². The molecule has 0 saturated heterocycles. The quantitative estimate of drug-likeness (QED) is 0.763. The van der Waals surface area contributed by atoms with Gasteiger partial charge in [-0.25, -0.2) is 0 Å². The molecule has 0 aliphatic heterocycles. The molecular formula is C16H15N3O. The van der Waals surface area contributed by atoms with Gasteiger partial charge in [-0.2, -0.15) is 5.10 Å². The first-order valence-electron chi connectivity index (χ1n) is 6.33. The third-order valence-electron chi connectivity index (χ3n) is 3.22. The zero-order valence-electron chi connectivity index (χ0n) is 11.1. The lowest BCUT2D eigenvalue weighted by atomic mass is 10.0. The van der Waals surface area contributed by atoms with Gasteiger partial charge >= 0.3 is 0 Å². The number of nitrogens with two attached hydrogens (primary N) is 1. The van der Waals surface area contributed by atoms with Crippen molar-refractivity contribution in [2.75, 3.05) is 12.8 Å². The molecule has 0 amide bonds. The van der Waals surface area contributed by atoms with Crippen LogP contribution in [0.2, 0.25) is 0 Å². The van der Waals surface area contributed by atoms with Gasteiger partial charge < -0.3 is 10.5 Å². The van der Waals surface area contributed by atoms with Gasteiger partial charge in [-0.05, 0) is 17.7 Å². The summed E-state index contributed by atoms with van der Waals surface area (Å²) in [5.74, 6) is 1.28. The lowest BCUT2D eigenvalue weighted by Gasteiger charge is -2.06. The Morgan fingerprint density at radius 2 is 1.75 bits per heavy atom. The number of hydrogen-bond donors (Lipinski definition) is 2. The monoisotopic (exact) mass is 265 g/mol. The predicted molar refractivity (Wildman–Crippen MR) is 80.4 cm³/mol. The molecule has 0 unspecified atom stereocenters. The molecule has 0 saturated carbocycles. The first-order chi connectivity index (χ1) is 9.79. The molecule has 0 aliphatic carbocycles. The minimum atomic E-state index is 0.483. The van der Waals surface area contributed by atoms with Crippen molar-refractivity contribution >= 4 is 5.82 Å². The molecule has 4 nitrogen and oxygen atoms in total. The lowest BCUT2D eigenvalue weighted by molar-refractivity contribution is 0.415. The van der Waals surface area contributed by atoms with E-state index in [0.717, 1.165) is 28.1 Å².